The summed E-state index contributed by atoms with van der Waals surface area (Å²) in [6.45, 7) is 0.771. The minimum absolute atomic E-state index is 0.674. The molecule has 0 amide bonds. The molecule has 0 radical (unpaired) electrons. The van der Waals surface area contributed by atoms with Crippen molar-refractivity contribution in [3.8, 4) is 0 Å². The zero-order valence-corrected chi connectivity index (χ0v) is 8.77. The van der Waals surface area contributed by atoms with Crippen LogP contribution in [0, 0.1) is 0 Å². The maximum absolute atomic E-state index is 10.7. The summed E-state index contributed by atoms with van der Waals surface area (Å²) in [7, 11) is 1.85. The minimum atomic E-state index is 0.674. The SMILES string of the molecule is CNCCC(=C=O)c1ccc(Cl)cc1. The van der Waals surface area contributed by atoms with Gasteiger partial charge in [0.25, 0.3) is 0 Å². The molecule has 1 aromatic rings. The van der Waals surface area contributed by atoms with E-state index in [1.165, 1.54) is 0 Å². The number of hydrogen-bond acceptors (Lipinski definition) is 2. The standard InChI is InChI=1S/C11H12ClNO/c1-13-7-6-10(8-14)9-2-4-11(12)5-3-9/h2-5,13H,6-7H2,1H3. The first-order chi connectivity index (χ1) is 6.77. The quantitative estimate of drug-likeness (QED) is 0.771. The van der Waals surface area contributed by atoms with Crippen LogP contribution < -0.4 is 5.32 Å². The summed E-state index contributed by atoms with van der Waals surface area (Å²) in [6, 6.07) is 7.21. The Morgan fingerprint density at radius 2 is 2.07 bits per heavy atom. The van der Waals surface area contributed by atoms with Crippen LogP contribution in [0.2, 0.25) is 5.02 Å². The zero-order valence-electron chi connectivity index (χ0n) is 8.01. The highest BCUT2D eigenvalue weighted by atomic mass is 35.5. The van der Waals surface area contributed by atoms with Crippen molar-refractivity contribution in [2.75, 3.05) is 13.6 Å². The van der Waals surface area contributed by atoms with Crippen LogP contribution in [-0.2, 0) is 4.79 Å². The first kappa shape index (κ1) is 11.0. The molecule has 0 aliphatic heterocycles. The lowest BCUT2D eigenvalue weighted by Gasteiger charge is -2.02. The van der Waals surface area contributed by atoms with E-state index in [1.807, 2.05) is 25.1 Å². The summed E-state index contributed by atoms with van der Waals surface area (Å²) >= 11 is 5.74. The Hall–Kier alpha value is -1.08. The van der Waals surface area contributed by atoms with Gasteiger partial charge in [0, 0.05) is 10.6 Å². The van der Waals surface area contributed by atoms with Gasteiger partial charge in [0.1, 0.15) is 5.94 Å². The van der Waals surface area contributed by atoms with Crippen LogP contribution in [0.25, 0.3) is 5.57 Å². The Morgan fingerprint density at radius 1 is 1.43 bits per heavy atom. The van der Waals surface area contributed by atoms with Crippen molar-refractivity contribution >= 4 is 23.1 Å². The van der Waals surface area contributed by atoms with E-state index in [9.17, 15) is 4.79 Å². The first-order valence-electron chi connectivity index (χ1n) is 4.42. The van der Waals surface area contributed by atoms with Crippen molar-refractivity contribution in [2.45, 2.75) is 6.42 Å². The third-order valence-electron chi connectivity index (χ3n) is 1.94. The summed E-state index contributed by atoms with van der Waals surface area (Å²) in [5, 5.41) is 3.66. The fourth-order valence-electron chi connectivity index (χ4n) is 1.16. The van der Waals surface area contributed by atoms with Crippen LogP contribution in [0.4, 0.5) is 0 Å². The molecule has 0 saturated heterocycles. The van der Waals surface area contributed by atoms with E-state index in [1.54, 1.807) is 12.1 Å². The van der Waals surface area contributed by atoms with E-state index in [4.69, 9.17) is 11.6 Å². The Morgan fingerprint density at radius 3 is 2.57 bits per heavy atom. The molecular weight excluding hydrogens is 198 g/mol. The molecule has 3 heteroatoms. The smallest absolute Gasteiger partial charge is 0.128 e. The second kappa shape index (κ2) is 5.61. The molecule has 0 atom stereocenters. The van der Waals surface area contributed by atoms with Crippen LogP contribution in [0.5, 0.6) is 0 Å². The van der Waals surface area contributed by atoms with Gasteiger partial charge in [-0.3, -0.25) is 0 Å². The van der Waals surface area contributed by atoms with Gasteiger partial charge in [0.05, 0.1) is 0 Å². The summed E-state index contributed by atoms with van der Waals surface area (Å²) in [5.41, 5.74) is 1.57. The van der Waals surface area contributed by atoms with E-state index >= 15 is 0 Å². The highest BCUT2D eigenvalue weighted by Gasteiger charge is 2.01. The van der Waals surface area contributed by atoms with Gasteiger partial charge in [-0.1, -0.05) is 23.7 Å². The van der Waals surface area contributed by atoms with Crippen LogP contribution >= 0.6 is 11.6 Å². The third kappa shape index (κ3) is 3.00. The van der Waals surface area contributed by atoms with Crippen molar-refractivity contribution in [3.63, 3.8) is 0 Å². The number of benzene rings is 1. The molecule has 1 rings (SSSR count). The predicted molar refractivity (Wildman–Crippen MR) is 59.1 cm³/mol. The highest BCUT2D eigenvalue weighted by Crippen LogP contribution is 2.17. The van der Waals surface area contributed by atoms with Crippen LogP contribution in [-0.4, -0.2) is 19.5 Å². The fraction of sp³-hybridized carbons (Fsp3) is 0.273. The molecule has 0 saturated carbocycles. The fourth-order valence-corrected chi connectivity index (χ4v) is 1.28. The summed E-state index contributed by atoms with van der Waals surface area (Å²) in [6.07, 6.45) is 0.682. The normalized spacial score (nSPS) is 9.57. The van der Waals surface area contributed by atoms with Crippen molar-refractivity contribution in [1.82, 2.24) is 5.32 Å². The van der Waals surface area contributed by atoms with Gasteiger partial charge in [0.15, 0.2) is 0 Å². The molecule has 0 spiro atoms. The topological polar surface area (TPSA) is 29.1 Å². The first-order valence-corrected chi connectivity index (χ1v) is 4.80. The van der Waals surface area contributed by atoms with Gasteiger partial charge in [-0.15, -0.1) is 0 Å². The minimum Gasteiger partial charge on any atom is -0.319 e. The Labute approximate surface area is 88.6 Å². The largest absolute Gasteiger partial charge is 0.319 e. The summed E-state index contributed by atoms with van der Waals surface area (Å²) in [5.74, 6) is 1.96. The Kier molecular flexibility index (Phi) is 4.41. The van der Waals surface area contributed by atoms with Gasteiger partial charge in [-0.2, -0.15) is 0 Å². The maximum Gasteiger partial charge on any atom is 0.128 e. The number of rotatable bonds is 4. The van der Waals surface area contributed by atoms with E-state index < -0.39 is 0 Å². The summed E-state index contributed by atoms with van der Waals surface area (Å²) in [4.78, 5) is 10.7. The Bertz CT molecular complexity index is 339. The molecule has 74 valence electrons. The highest BCUT2D eigenvalue weighted by molar-refractivity contribution is 6.30. The van der Waals surface area contributed by atoms with Gasteiger partial charge >= 0.3 is 0 Å². The average molecular weight is 210 g/mol. The van der Waals surface area contributed by atoms with Crippen molar-refractivity contribution in [1.29, 1.82) is 0 Å². The molecule has 14 heavy (non-hydrogen) atoms. The number of hydrogen-bond donors (Lipinski definition) is 1. The second-order valence-corrected chi connectivity index (χ2v) is 3.38. The number of carbonyl (C=O) groups excluding carboxylic acids is 1. The van der Waals surface area contributed by atoms with Crippen LogP contribution in [0.1, 0.15) is 12.0 Å². The zero-order chi connectivity index (χ0) is 10.4. The van der Waals surface area contributed by atoms with Crippen molar-refractivity contribution in [2.24, 2.45) is 0 Å². The van der Waals surface area contributed by atoms with Crippen LogP contribution in [0.3, 0.4) is 0 Å². The van der Waals surface area contributed by atoms with E-state index in [0.717, 1.165) is 12.1 Å². The third-order valence-corrected chi connectivity index (χ3v) is 2.19. The van der Waals surface area contributed by atoms with Gasteiger partial charge in [-0.05, 0) is 37.7 Å². The van der Waals surface area contributed by atoms with Crippen molar-refractivity contribution < 1.29 is 4.79 Å². The van der Waals surface area contributed by atoms with Gasteiger partial charge in [-0.25, -0.2) is 4.79 Å². The molecule has 1 N–H and O–H groups in total. The molecule has 0 aliphatic carbocycles. The molecule has 0 heterocycles. The molecule has 0 unspecified atom stereocenters. The molecule has 0 fully saturated rings. The van der Waals surface area contributed by atoms with E-state index in [-0.39, 0.29) is 0 Å². The number of halogens is 1. The average Bonchev–Trinajstić information content (AvgIpc) is 2.21. The van der Waals surface area contributed by atoms with E-state index in [2.05, 4.69) is 5.32 Å². The lowest BCUT2D eigenvalue weighted by Crippen LogP contribution is -2.08. The Balaban J connectivity index is 2.80. The monoisotopic (exact) mass is 209 g/mol. The van der Waals surface area contributed by atoms with Gasteiger partial charge < -0.3 is 5.32 Å². The molecule has 0 bridgehead atoms. The molecule has 0 aliphatic rings. The lowest BCUT2D eigenvalue weighted by atomic mass is 10.0. The van der Waals surface area contributed by atoms with E-state index in [0.29, 0.717) is 17.0 Å². The molecule has 1 aromatic carbocycles. The molecule has 2 nitrogen and oxygen atoms in total. The molecular formula is C11H12ClNO. The van der Waals surface area contributed by atoms with Crippen LogP contribution in [0.15, 0.2) is 24.3 Å². The second-order valence-electron chi connectivity index (χ2n) is 2.94. The number of nitrogens with one attached hydrogen (secondary N) is 1. The lowest BCUT2D eigenvalue weighted by molar-refractivity contribution is 0.569. The van der Waals surface area contributed by atoms with Gasteiger partial charge in [0.2, 0.25) is 0 Å². The predicted octanol–water partition coefficient (Wildman–Crippen LogP) is 2.16. The van der Waals surface area contributed by atoms with Crippen molar-refractivity contribution in [3.05, 3.63) is 34.9 Å². The molecule has 0 aromatic heterocycles. The maximum atomic E-state index is 10.7. The summed E-state index contributed by atoms with van der Waals surface area (Å²) < 4.78 is 0.